The van der Waals surface area contributed by atoms with E-state index in [9.17, 15) is 14.4 Å². The van der Waals surface area contributed by atoms with Crippen LogP contribution in [0.5, 0.6) is 0 Å². The standard InChI is InChI=1S/C31H33NO6/c1-23(33)38-28-19-29(34)32(20-24-11-5-2-6-12-24)30(28)27(17-18-36-21-25-13-7-3-8-14-25)31(35)37-22-26-15-9-4-10-16-26/h2-16,27-28,30H,17-22H2,1H3/t27-,28+,30-/m1/s1. The van der Waals surface area contributed by atoms with Gasteiger partial charge in [0, 0.05) is 20.1 Å². The lowest BCUT2D eigenvalue weighted by atomic mass is 9.92. The highest BCUT2D eigenvalue weighted by Gasteiger charge is 2.48. The zero-order valence-corrected chi connectivity index (χ0v) is 21.5. The summed E-state index contributed by atoms with van der Waals surface area (Å²) < 4.78 is 17.2. The molecule has 7 nitrogen and oxygen atoms in total. The number of hydrogen-bond donors (Lipinski definition) is 0. The van der Waals surface area contributed by atoms with Crippen LogP contribution in [0.1, 0.15) is 36.5 Å². The van der Waals surface area contributed by atoms with Crippen molar-refractivity contribution in [3.05, 3.63) is 108 Å². The largest absolute Gasteiger partial charge is 0.461 e. The smallest absolute Gasteiger partial charge is 0.311 e. The SMILES string of the molecule is CC(=O)O[C@H]1CC(=O)N(Cc2ccccc2)[C@@H]1[C@@H](CCOCc1ccccc1)C(=O)OCc1ccccc1. The Bertz CT molecular complexity index is 1180. The first kappa shape index (κ1) is 27.1. The summed E-state index contributed by atoms with van der Waals surface area (Å²) in [5, 5.41) is 0. The third-order valence-corrected chi connectivity index (χ3v) is 6.57. The number of hydrogen-bond acceptors (Lipinski definition) is 6. The maximum Gasteiger partial charge on any atom is 0.311 e. The van der Waals surface area contributed by atoms with Crippen molar-refractivity contribution in [2.75, 3.05) is 6.61 Å². The average Bonchev–Trinajstić information content (AvgIpc) is 3.22. The van der Waals surface area contributed by atoms with E-state index in [1.54, 1.807) is 4.90 Å². The fourth-order valence-electron chi connectivity index (χ4n) is 4.79. The molecule has 0 spiro atoms. The minimum absolute atomic E-state index is 0.0183. The molecule has 0 N–H and O–H groups in total. The van der Waals surface area contributed by atoms with Gasteiger partial charge in [-0.3, -0.25) is 14.4 Å². The number of ether oxygens (including phenoxy) is 3. The molecule has 3 aromatic rings. The molecule has 0 radical (unpaired) electrons. The molecule has 1 fully saturated rings. The molecular weight excluding hydrogens is 482 g/mol. The number of nitrogens with zero attached hydrogens (tertiary/aromatic N) is 1. The normalized spacial score (nSPS) is 17.7. The molecule has 1 amide bonds. The highest BCUT2D eigenvalue weighted by atomic mass is 16.5. The molecular formula is C31H33NO6. The molecule has 1 aliphatic rings. The molecule has 0 aromatic heterocycles. The summed E-state index contributed by atoms with van der Waals surface area (Å²) in [6.45, 7) is 2.40. The van der Waals surface area contributed by atoms with Crippen molar-refractivity contribution in [2.24, 2.45) is 5.92 Å². The van der Waals surface area contributed by atoms with Crippen LogP contribution in [-0.4, -0.2) is 41.5 Å². The van der Waals surface area contributed by atoms with Crippen molar-refractivity contribution in [1.82, 2.24) is 4.90 Å². The number of carbonyl (C=O) groups is 3. The minimum Gasteiger partial charge on any atom is -0.461 e. The number of esters is 2. The molecule has 198 valence electrons. The summed E-state index contributed by atoms with van der Waals surface area (Å²) >= 11 is 0. The monoisotopic (exact) mass is 515 g/mol. The summed E-state index contributed by atoms with van der Waals surface area (Å²) in [5.41, 5.74) is 2.81. The third kappa shape index (κ3) is 7.52. The maximum atomic E-state index is 13.5. The van der Waals surface area contributed by atoms with Crippen LogP contribution in [0.4, 0.5) is 0 Å². The van der Waals surface area contributed by atoms with Crippen molar-refractivity contribution in [2.45, 2.75) is 51.7 Å². The van der Waals surface area contributed by atoms with Crippen LogP contribution in [0.2, 0.25) is 0 Å². The Morgan fingerprint density at radius 2 is 1.39 bits per heavy atom. The topological polar surface area (TPSA) is 82.1 Å². The Labute approximate surface area is 223 Å². The molecule has 4 rings (SSSR count). The van der Waals surface area contributed by atoms with E-state index in [0.29, 0.717) is 19.6 Å². The lowest BCUT2D eigenvalue weighted by Crippen LogP contribution is -2.47. The van der Waals surface area contributed by atoms with Crippen molar-refractivity contribution in [3.63, 3.8) is 0 Å². The predicted octanol–water partition coefficient (Wildman–Crippen LogP) is 4.69. The number of carbonyl (C=O) groups excluding carboxylic acids is 3. The van der Waals surface area contributed by atoms with Gasteiger partial charge in [-0.25, -0.2) is 0 Å². The summed E-state index contributed by atoms with van der Waals surface area (Å²) in [6.07, 6.45) is -0.432. The lowest BCUT2D eigenvalue weighted by molar-refractivity contribution is -0.160. The Kier molecular flexibility index (Phi) is 9.65. The first-order valence-corrected chi connectivity index (χ1v) is 12.8. The van der Waals surface area contributed by atoms with Gasteiger partial charge < -0.3 is 19.1 Å². The van der Waals surface area contributed by atoms with E-state index in [1.165, 1.54) is 6.92 Å². The zero-order valence-electron chi connectivity index (χ0n) is 21.5. The van der Waals surface area contributed by atoms with Crippen LogP contribution in [0, 0.1) is 5.92 Å². The fraction of sp³-hybridized carbons (Fsp3) is 0.323. The van der Waals surface area contributed by atoms with Gasteiger partial charge in [-0.15, -0.1) is 0 Å². The molecule has 3 aromatic carbocycles. The van der Waals surface area contributed by atoms with Crippen LogP contribution < -0.4 is 0 Å². The second kappa shape index (κ2) is 13.5. The second-order valence-corrected chi connectivity index (χ2v) is 9.38. The molecule has 0 bridgehead atoms. The molecule has 0 aliphatic carbocycles. The Morgan fingerprint density at radius 1 is 0.842 bits per heavy atom. The second-order valence-electron chi connectivity index (χ2n) is 9.38. The third-order valence-electron chi connectivity index (χ3n) is 6.57. The molecule has 1 saturated heterocycles. The van der Waals surface area contributed by atoms with Gasteiger partial charge in [0.05, 0.1) is 25.0 Å². The summed E-state index contributed by atoms with van der Waals surface area (Å²) in [7, 11) is 0. The van der Waals surface area contributed by atoms with Crippen molar-refractivity contribution < 1.29 is 28.6 Å². The van der Waals surface area contributed by atoms with E-state index < -0.39 is 30.0 Å². The highest BCUT2D eigenvalue weighted by Crippen LogP contribution is 2.33. The molecule has 1 aliphatic heterocycles. The van der Waals surface area contributed by atoms with Crippen LogP contribution in [-0.2, 0) is 48.4 Å². The van der Waals surface area contributed by atoms with Crippen molar-refractivity contribution in [3.8, 4) is 0 Å². The average molecular weight is 516 g/mol. The Hall–Kier alpha value is -3.97. The maximum absolute atomic E-state index is 13.5. The van der Waals surface area contributed by atoms with E-state index in [0.717, 1.165) is 16.7 Å². The van der Waals surface area contributed by atoms with Gasteiger partial charge in [0.15, 0.2) is 0 Å². The van der Waals surface area contributed by atoms with Crippen LogP contribution in [0.15, 0.2) is 91.0 Å². The van der Waals surface area contributed by atoms with Gasteiger partial charge in [-0.2, -0.15) is 0 Å². The Balaban J connectivity index is 1.55. The van der Waals surface area contributed by atoms with E-state index in [4.69, 9.17) is 14.2 Å². The fourth-order valence-corrected chi connectivity index (χ4v) is 4.79. The van der Waals surface area contributed by atoms with Crippen LogP contribution in [0.25, 0.3) is 0 Å². The van der Waals surface area contributed by atoms with Crippen LogP contribution >= 0.6 is 0 Å². The van der Waals surface area contributed by atoms with Crippen LogP contribution in [0.3, 0.4) is 0 Å². The van der Waals surface area contributed by atoms with Gasteiger partial charge in [-0.1, -0.05) is 91.0 Å². The zero-order chi connectivity index (χ0) is 26.7. The van der Waals surface area contributed by atoms with E-state index in [1.807, 2.05) is 91.0 Å². The minimum atomic E-state index is -0.757. The molecule has 0 unspecified atom stereocenters. The van der Waals surface area contributed by atoms with Crippen molar-refractivity contribution >= 4 is 17.8 Å². The first-order chi connectivity index (χ1) is 18.5. The van der Waals surface area contributed by atoms with Gasteiger partial charge in [0.2, 0.25) is 5.91 Å². The lowest BCUT2D eigenvalue weighted by Gasteiger charge is -2.33. The molecule has 7 heteroatoms. The predicted molar refractivity (Wildman–Crippen MR) is 141 cm³/mol. The van der Waals surface area contributed by atoms with E-state index >= 15 is 0 Å². The number of amides is 1. The molecule has 38 heavy (non-hydrogen) atoms. The van der Waals surface area contributed by atoms with E-state index in [-0.39, 0.29) is 25.5 Å². The quantitative estimate of drug-likeness (QED) is 0.257. The summed E-state index contributed by atoms with van der Waals surface area (Å²) in [6, 6.07) is 28.1. The number of likely N-dealkylation sites (tertiary alicyclic amines) is 1. The molecule has 0 saturated carbocycles. The summed E-state index contributed by atoms with van der Waals surface area (Å²) in [4.78, 5) is 40.3. The Morgan fingerprint density at radius 3 is 1.97 bits per heavy atom. The first-order valence-electron chi connectivity index (χ1n) is 12.8. The van der Waals surface area contributed by atoms with Gasteiger partial charge in [0.25, 0.3) is 0 Å². The van der Waals surface area contributed by atoms with E-state index in [2.05, 4.69) is 0 Å². The van der Waals surface area contributed by atoms with Crippen molar-refractivity contribution in [1.29, 1.82) is 0 Å². The molecule has 1 heterocycles. The highest BCUT2D eigenvalue weighted by molar-refractivity contribution is 5.83. The number of benzene rings is 3. The number of rotatable bonds is 12. The van der Waals surface area contributed by atoms with Gasteiger partial charge >= 0.3 is 11.9 Å². The molecule has 3 atom stereocenters. The van der Waals surface area contributed by atoms with Gasteiger partial charge in [0.1, 0.15) is 12.7 Å². The summed E-state index contributed by atoms with van der Waals surface area (Å²) in [5.74, 6) is -1.86. The van der Waals surface area contributed by atoms with Gasteiger partial charge in [-0.05, 0) is 23.1 Å².